The van der Waals surface area contributed by atoms with Gasteiger partial charge in [-0.25, -0.2) is 4.79 Å². The van der Waals surface area contributed by atoms with Gasteiger partial charge in [-0.05, 0) is 43.2 Å². The fraction of sp³-hybridized carbons (Fsp3) is 0.278. The first-order chi connectivity index (χ1) is 11.1. The Morgan fingerprint density at radius 3 is 2.74 bits per heavy atom. The highest BCUT2D eigenvalue weighted by Crippen LogP contribution is 2.30. The summed E-state index contributed by atoms with van der Waals surface area (Å²) in [5.74, 6) is 1.30. The largest absolute Gasteiger partial charge is 0.455 e. The van der Waals surface area contributed by atoms with E-state index in [0.29, 0.717) is 36.7 Å². The number of likely N-dealkylation sites (tertiary alicyclic amines) is 1. The molecule has 0 aliphatic carbocycles. The number of benzene rings is 2. The van der Waals surface area contributed by atoms with Crippen LogP contribution in [0.3, 0.4) is 0 Å². The molecule has 1 aliphatic heterocycles. The fourth-order valence-corrected chi connectivity index (χ4v) is 2.57. The molecule has 0 saturated carbocycles. The maximum Gasteiger partial charge on any atom is 0.322 e. The average molecular weight is 312 g/mol. The first-order valence-corrected chi connectivity index (χ1v) is 7.69. The number of urea groups is 1. The normalized spacial score (nSPS) is 17.1. The molecule has 1 heterocycles. The number of β-amino-alcohol motifs (C(OH)–C–C–N with tert-alkyl or cyclic N) is 1. The van der Waals surface area contributed by atoms with Gasteiger partial charge in [0.15, 0.2) is 5.75 Å². The van der Waals surface area contributed by atoms with E-state index < -0.39 is 6.10 Å². The number of rotatable bonds is 3. The number of aryl methyl sites for hydroxylation is 1. The van der Waals surface area contributed by atoms with Gasteiger partial charge in [0.1, 0.15) is 5.75 Å². The Morgan fingerprint density at radius 2 is 2.04 bits per heavy atom. The minimum atomic E-state index is -0.432. The summed E-state index contributed by atoms with van der Waals surface area (Å²) in [5.41, 5.74) is 1.66. The molecular formula is C18H20N2O3. The number of carbonyl (C=O) groups is 1. The lowest BCUT2D eigenvalue weighted by molar-refractivity contribution is 0.176. The second kappa shape index (κ2) is 6.71. The van der Waals surface area contributed by atoms with Gasteiger partial charge in [-0.1, -0.05) is 24.3 Å². The number of hydrogen-bond donors (Lipinski definition) is 2. The Hall–Kier alpha value is -2.53. The summed E-state index contributed by atoms with van der Waals surface area (Å²) in [6.07, 6.45) is 0.188. The van der Waals surface area contributed by atoms with Gasteiger partial charge in [0.05, 0.1) is 11.8 Å². The fourth-order valence-electron chi connectivity index (χ4n) is 2.57. The summed E-state index contributed by atoms with van der Waals surface area (Å²) in [6, 6.07) is 14.9. The van der Waals surface area contributed by atoms with Crippen LogP contribution in [0.4, 0.5) is 10.5 Å². The molecule has 1 fully saturated rings. The van der Waals surface area contributed by atoms with E-state index in [1.807, 2.05) is 55.5 Å². The lowest BCUT2D eigenvalue weighted by Crippen LogP contribution is -2.33. The Bertz CT molecular complexity index is 688. The van der Waals surface area contributed by atoms with Crippen LogP contribution in [0.25, 0.3) is 0 Å². The van der Waals surface area contributed by atoms with E-state index >= 15 is 0 Å². The van der Waals surface area contributed by atoms with Gasteiger partial charge in [-0.3, -0.25) is 0 Å². The predicted octanol–water partition coefficient (Wildman–Crippen LogP) is 3.39. The minimum absolute atomic E-state index is 0.218. The molecule has 5 nitrogen and oxygen atoms in total. The molecule has 0 radical (unpaired) electrons. The van der Waals surface area contributed by atoms with Gasteiger partial charge in [-0.15, -0.1) is 0 Å². The van der Waals surface area contributed by atoms with E-state index in [0.717, 1.165) is 5.56 Å². The van der Waals surface area contributed by atoms with Crippen molar-refractivity contribution in [3.8, 4) is 11.5 Å². The molecular weight excluding hydrogens is 292 g/mol. The van der Waals surface area contributed by atoms with Crippen LogP contribution in [0.2, 0.25) is 0 Å². The molecule has 0 spiro atoms. The van der Waals surface area contributed by atoms with Crippen LogP contribution in [0, 0.1) is 6.92 Å². The van der Waals surface area contributed by atoms with Gasteiger partial charge in [0.25, 0.3) is 0 Å². The Morgan fingerprint density at radius 1 is 1.26 bits per heavy atom. The smallest absolute Gasteiger partial charge is 0.322 e. The number of nitrogens with zero attached hydrogens (tertiary/aromatic N) is 1. The third kappa shape index (κ3) is 3.81. The zero-order valence-electron chi connectivity index (χ0n) is 13.0. The van der Waals surface area contributed by atoms with E-state index in [4.69, 9.17) is 4.74 Å². The number of hydrogen-bond acceptors (Lipinski definition) is 3. The highest BCUT2D eigenvalue weighted by atomic mass is 16.5. The van der Waals surface area contributed by atoms with E-state index in [9.17, 15) is 9.90 Å². The second-order valence-corrected chi connectivity index (χ2v) is 5.73. The molecule has 1 atom stereocenters. The van der Waals surface area contributed by atoms with Crippen LogP contribution in [-0.4, -0.2) is 35.2 Å². The number of para-hydroxylation sites is 1. The van der Waals surface area contributed by atoms with E-state index in [1.54, 1.807) is 4.90 Å². The van der Waals surface area contributed by atoms with Gasteiger partial charge in [0, 0.05) is 13.1 Å². The van der Waals surface area contributed by atoms with Crippen molar-refractivity contribution in [2.45, 2.75) is 19.4 Å². The van der Waals surface area contributed by atoms with Crippen molar-refractivity contribution in [2.24, 2.45) is 0 Å². The van der Waals surface area contributed by atoms with E-state index in [-0.39, 0.29) is 6.03 Å². The summed E-state index contributed by atoms with van der Waals surface area (Å²) in [6.45, 7) is 2.89. The van der Waals surface area contributed by atoms with Crippen molar-refractivity contribution in [3.63, 3.8) is 0 Å². The summed E-state index contributed by atoms with van der Waals surface area (Å²) in [7, 11) is 0. The zero-order chi connectivity index (χ0) is 16.2. The molecule has 120 valence electrons. The molecule has 2 amide bonds. The first kappa shape index (κ1) is 15.4. The van der Waals surface area contributed by atoms with Gasteiger partial charge in [0.2, 0.25) is 0 Å². The van der Waals surface area contributed by atoms with Crippen molar-refractivity contribution in [2.75, 3.05) is 18.4 Å². The molecule has 0 unspecified atom stereocenters. The maximum absolute atomic E-state index is 12.3. The molecule has 3 rings (SSSR count). The predicted molar refractivity (Wildman–Crippen MR) is 88.9 cm³/mol. The number of carbonyl (C=O) groups excluding carboxylic acids is 1. The third-order valence-corrected chi connectivity index (χ3v) is 3.80. The van der Waals surface area contributed by atoms with Crippen LogP contribution in [0.1, 0.15) is 12.0 Å². The lowest BCUT2D eigenvalue weighted by atomic mass is 10.2. The van der Waals surface area contributed by atoms with Crippen LogP contribution >= 0.6 is 0 Å². The molecule has 1 aliphatic rings. The standard InChI is InChI=1S/C18H20N2O3/c1-13-7-8-17(23-15-5-3-2-4-6-15)16(11-13)19-18(22)20-10-9-14(21)12-20/h2-8,11,14,21H,9-10,12H2,1H3,(H,19,22)/t14-/m1/s1. The Balaban J connectivity index is 1.77. The van der Waals surface area contributed by atoms with Gasteiger partial charge >= 0.3 is 6.03 Å². The highest BCUT2D eigenvalue weighted by molar-refractivity contribution is 5.91. The molecule has 5 heteroatoms. The van der Waals surface area contributed by atoms with Crippen molar-refractivity contribution in [1.29, 1.82) is 0 Å². The van der Waals surface area contributed by atoms with Gasteiger partial charge in [-0.2, -0.15) is 0 Å². The number of aliphatic hydroxyl groups excluding tert-OH is 1. The minimum Gasteiger partial charge on any atom is -0.455 e. The zero-order valence-corrected chi connectivity index (χ0v) is 13.0. The molecule has 2 aromatic rings. The molecule has 0 aromatic heterocycles. The molecule has 23 heavy (non-hydrogen) atoms. The topological polar surface area (TPSA) is 61.8 Å². The van der Waals surface area contributed by atoms with Crippen LogP contribution in [0.5, 0.6) is 11.5 Å². The summed E-state index contributed by atoms with van der Waals surface area (Å²) < 4.78 is 5.87. The van der Waals surface area contributed by atoms with E-state index in [2.05, 4.69) is 5.32 Å². The van der Waals surface area contributed by atoms with Crippen molar-refractivity contribution in [3.05, 3.63) is 54.1 Å². The summed E-state index contributed by atoms with van der Waals surface area (Å²) in [5, 5.41) is 12.4. The van der Waals surface area contributed by atoms with Crippen LogP contribution < -0.4 is 10.1 Å². The molecule has 2 aromatic carbocycles. The number of anilines is 1. The summed E-state index contributed by atoms with van der Waals surface area (Å²) >= 11 is 0. The Labute approximate surface area is 135 Å². The molecule has 0 bridgehead atoms. The highest BCUT2D eigenvalue weighted by Gasteiger charge is 2.25. The van der Waals surface area contributed by atoms with Crippen LogP contribution in [-0.2, 0) is 0 Å². The number of amides is 2. The monoisotopic (exact) mass is 312 g/mol. The second-order valence-electron chi connectivity index (χ2n) is 5.73. The van der Waals surface area contributed by atoms with Crippen LogP contribution in [0.15, 0.2) is 48.5 Å². The van der Waals surface area contributed by atoms with Crippen molar-refractivity contribution in [1.82, 2.24) is 4.90 Å². The SMILES string of the molecule is Cc1ccc(Oc2ccccc2)c(NC(=O)N2CC[C@@H](O)C2)c1. The first-order valence-electron chi connectivity index (χ1n) is 7.69. The van der Waals surface area contributed by atoms with E-state index in [1.165, 1.54) is 0 Å². The maximum atomic E-state index is 12.3. The number of aliphatic hydroxyl groups is 1. The number of nitrogens with one attached hydrogen (secondary N) is 1. The van der Waals surface area contributed by atoms with Crippen molar-refractivity contribution < 1.29 is 14.6 Å². The van der Waals surface area contributed by atoms with Gasteiger partial charge < -0.3 is 20.1 Å². The number of ether oxygens (including phenoxy) is 1. The average Bonchev–Trinajstić information content (AvgIpc) is 2.98. The summed E-state index contributed by atoms with van der Waals surface area (Å²) in [4.78, 5) is 13.9. The third-order valence-electron chi connectivity index (χ3n) is 3.80. The molecule has 2 N–H and O–H groups in total. The quantitative estimate of drug-likeness (QED) is 0.913. The van der Waals surface area contributed by atoms with Crippen molar-refractivity contribution >= 4 is 11.7 Å². The molecule has 1 saturated heterocycles. The Kier molecular flexibility index (Phi) is 4.48. The lowest BCUT2D eigenvalue weighted by Gasteiger charge is -2.18.